The third kappa shape index (κ3) is 2.48. The number of carbonyl (C=O) groups is 1. The van der Waals surface area contributed by atoms with E-state index in [-0.39, 0.29) is 17.3 Å². The standard InChI is InChI=1S/C8H16O2/c1-6(9)7(10-5)8(2,3)4/h7H,1-5H3. The van der Waals surface area contributed by atoms with E-state index in [1.165, 1.54) is 0 Å². The van der Waals surface area contributed by atoms with Gasteiger partial charge in [0.25, 0.3) is 0 Å². The number of ketones is 1. The van der Waals surface area contributed by atoms with Crippen LogP contribution in [0.15, 0.2) is 0 Å². The van der Waals surface area contributed by atoms with E-state index in [4.69, 9.17) is 4.74 Å². The first-order valence-corrected chi connectivity index (χ1v) is 3.43. The molecule has 10 heavy (non-hydrogen) atoms. The molecule has 0 amide bonds. The largest absolute Gasteiger partial charge is 0.373 e. The SMILES string of the molecule is COC(C(C)=O)C(C)(C)C. The van der Waals surface area contributed by atoms with Crippen molar-refractivity contribution in [3.63, 3.8) is 0 Å². The maximum absolute atomic E-state index is 10.9. The first-order chi connectivity index (χ1) is 4.39. The minimum atomic E-state index is -0.271. The highest BCUT2D eigenvalue weighted by molar-refractivity contribution is 5.81. The van der Waals surface area contributed by atoms with Crippen molar-refractivity contribution in [2.24, 2.45) is 5.41 Å². The molecule has 0 N–H and O–H groups in total. The Bertz CT molecular complexity index is 122. The summed E-state index contributed by atoms with van der Waals surface area (Å²) in [6, 6.07) is 0. The molecule has 0 saturated carbocycles. The van der Waals surface area contributed by atoms with Gasteiger partial charge in [-0.3, -0.25) is 4.79 Å². The molecule has 0 rings (SSSR count). The van der Waals surface area contributed by atoms with Crippen LogP contribution in [0.1, 0.15) is 27.7 Å². The maximum Gasteiger partial charge on any atom is 0.159 e. The lowest BCUT2D eigenvalue weighted by Gasteiger charge is -2.26. The Kier molecular flexibility index (Phi) is 3.03. The summed E-state index contributed by atoms with van der Waals surface area (Å²) in [5, 5.41) is 0. The molecule has 0 heterocycles. The predicted molar refractivity (Wildman–Crippen MR) is 40.9 cm³/mol. The van der Waals surface area contributed by atoms with Crippen LogP contribution in [0.3, 0.4) is 0 Å². The van der Waals surface area contributed by atoms with Gasteiger partial charge in [-0.05, 0) is 12.3 Å². The molecule has 0 fully saturated rings. The number of hydrogen-bond acceptors (Lipinski definition) is 2. The molecule has 60 valence electrons. The molecule has 2 heteroatoms. The molecule has 0 radical (unpaired) electrons. The Hall–Kier alpha value is -0.370. The summed E-state index contributed by atoms with van der Waals surface area (Å²) in [4.78, 5) is 10.9. The van der Waals surface area contributed by atoms with Crippen molar-refractivity contribution < 1.29 is 9.53 Å². The summed E-state index contributed by atoms with van der Waals surface area (Å²) in [5.74, 6) is 0.0926. The van der Waals surface area contributed by atoms with Crippen LogP contribution >= 0.6 is 0 Å². The molecule has 0 bridgehead atoms. The van der Waals surface area contributed by atoms with Crippen molar-refractivity contribution in [1.29, 1.82) is 0 Å². The van der Waals surface area contributed by atoms with E-state index in [9.17, 15) is 4.79 Å². The molecule has 2 nitrogen and oxygen atoms in total. The lowest BCUT2D eigenvalue weighted by molar-refractivity contribution is -0.132. The third-order valence-corrected chi connectivity index (χ3v) is 1.39. The van der Waals surface area contributed by atoms with Crippen LogP contribution in [0.4, 0.5) is 0 Å². The number of carbonyl (C=O) groups excluding carboxylic acids is 1. The number of hydrogen-bond donors (Lipinski definition) is 0. The number of methoxy groups -OCH3 is 1. The summed E-state index contributed by atoms with van der Waals surface area (Å²) >= 11 is 0. The van der Waals surface area contributed by atoms with E-state index < -0.39 is 0 Å². The highest BCUT2D eigenvalue weighted by Gasteiger charge is 2.27. The third-order valence-electron chi connectivity index (χ3n) is 1.39. The number of Topliss-reactive ketones (excluding diaryl/α,β-unsaturated/α-hetero) is 1. The predicted octanol–water partition coefficient (Wildman–Crippen LogP) is 1.64. The molecule has 0 aliphatic rings. The van der Waals surface area contributed by atoms with Gasteiger partial charge in [0.05, 0.1) is 0 Å². The number of rotatable bonds is 2. The molecule has 1 unspecified atom stereocenters. The van der Waals surface area contributed by atoms with E-state index >= 15 is 0 Å². The van der Waals surface area contributed by atoms with Crippen molar-refractivity contribution in [2.45, 2.75) is 33.8 Å². The van der Waals surface area contributed by atoms with Crippen LogP contribution in [0.2, 0.25) is 0 Å². The topological polar surface area (TPSA) is 26.3 Å². The first kappa shape index (κ1) is 9.63. The first-order valence-electron chi connectivity index (χ1n) is 3.43. The van der Waals surface area contributed by atoms with Gasteiger partial charge >= 0.3 is 0 Å². The minimum Gasteiger partial charge on any atom is -0.373 e. The second kappa shape index (κ2) is 3.15. The van der Waals surface area contributed by atoms with Gasteiger partial charge in [-0.2, -0.15) is 0 Å². The fourth-order valence-electron chi connectivity index (χ4n) is 1.13. The van der Waals surface area contributed by atoms with Gasteiger partial charge in [0.1, 0.15) is 6.10 Å². The molecule has 0 aromatic heterocycles. The Morgan fingerprint density at radius 1 is 1.40 bits per heavy atom. The van der Waals surface area contributed by atoms with Crippen LogP contribution in [0.25, 0.3) is 0 Å². The molecule has 0 saturated heterocycles. The van der Waals surface area contributed by atoms with Crippen LogP contribution in [-0.4, -0.2) is 19.0 Å². The zero-order chi connectivity index (χ0) is 8.36. The van der Waals surface area contributed by atoms with Crippen molar-refractivity contribution in [1.82, 2.24) is 0 Å². The minimum absolute atomic E-state index is 0.0828. The summed E-state index contributed by atoms with van der Waals surface area (Å²) in [6.45, 7) is 7.52. The summed E-state index contributed by atoms with van der Waals surface area (Å²) in [6.07, 6.45) is -0.271. The van der Waals surface area contributed by atoms with Gasteiger partial charge in [-0.1, -0.05) is 20.8 Å². The van der Waals surface area contributed by atoms with E-state index in [0.717, 1.165) is 0 Å². The van der Waals surface area contributed by atoms with E-state index in [2.05, 4.69) is 0 Å². The van der Waals surface area contributed by atoms with Crippen molar-refractivity contribution >= 4 is 5.78 Å². The highest BCUT2D eigenvalue weighted by Crippen LogP contribution is 2.21. The van der Waals surface area contributed by atoms with Crippen LogP contribution in [-0.2, 0) is 9.53 Å². The van der Waals surface area contributed by atoms with E-state index in [1.54, 1.807) is 14.0 Å². The summed E-state index contributed by atoms with van der Waals surface area (Å²) in [7, 11) is 1.57. The zero-order valence-electron chi connectivity index (χ0n) is 7.39. The normalized spacial score (nSPS) is 14.9. The van der Waals surface area contributed by atoms with Crippen molar-refractivity contribution in [3.8, 4) is 0 Å². The average molecular weight is 144 g/mol. The lowest BCUT2D eigenvalue weighted by atomic mass is 9.87. The lowest BCUT2D eigenvalue weighted by Crippen LogP contribution is -2.34. The summed E-state index contributed by atoms with van der Waals surface area (Å²) < 4.78 is 5.03. The number of ether oxygens (including phenoxy) is 1. The van der Waals surface area contributed by atoms with Crippen LogP contribution in [0.5, 0.6) is 0 Å². The molecule has 1 atom stereocenters. The smallest absolute Gasteiger partial charge is 0.159 e. The monoisotopic (exact) mass is 144 g/mol. The molecule has 0 aromatic carbocycles. The molecule has 0 aliphatic carbocycles. The highest BCUT2D eigenvalue weighted by atomic mass is 16.5. The molecular weight excluding hydrogens is 128 g/mol. The van der Waals surface area contributed by atoms with Crippen molar-refractivity contribution in [3.05, 3.63) is 0 Å². The summed E-state index contributed by atoms with van der Waals surface area (Å²) in [5.41, 5.74) is -0.0828. The maximum atomic E-state index is 10.9. The van der Waals surface area contributed by atoms with E-state index in [0.29, 0.717) is 0 Å². The Morgan fingerprint density at radius 2 is 1.80 bits per heavy atom. The Balaban J connectivity index is 4.22. The van der Waals surface area contributed by atoms with Gasteiger partial charge < -0.3 is 4.74 Å². The Labute approximate surface area is 62.6 Å². The fraction of sp³-hybridized carbons (Fsp3) is 0.875. The second-order valence-electron chi connectivity index (χ2n) is 3.59. The van der Waals surface area contributed by atoms with Crippen LogP contribution in [0, 0.1) is 5.41 Å². The van der Waals surface area contributed by atoms with E-state index in [1.807, 2.05) is 20.8 Å². The van der Waals surface area contributed by atoms with Gasteiger partial charge in [0.15, 0.2) is 5.78 Å². The van der Waals surface area contributed by atoms with Gasteiger partial charge in [0.2, 0.25) is 0 Å². The molecule has 0 aliphatic heterocycles. The Morgan fingerprint density at radius 3 is 1.80 bits per heavy atom. The fourth-order valence-corrected chi connectivity index (χ4v) is 1.13. The van der Waals surface area contributed by atoms with Gasteiger partial charge in [-0.25, -0.2) is 0 Å². The molecule has 0 aromatic rings. The quantitative estimate of drug-likeness (QED) is 0.589. The molecular formula is C8H16O2. The average Bonchev–Trinajstić information content (AvgIpc) is 1.60. The zero-order valence-corrected chi connectivity index (χ0v) is 7.39. The second-order valence-corrected chi connectivity index (χ2v) is 3.59. The van der Waals surface area contributed by atoms with Gasteiger partial charge in [-0.15, -0.1) is 0 Å². The van der Waals surface area contributed by atoms with Gasteiger partial charge in [0, 0.05) is 7.11 Å². The van der Waals surface area contributed by atoms with Crippen LogP contribution < -0.4 is 0 Å². The molecule has 0 spiro atoms. The van der Waals surface area contributed by atoms with Crippen molar-refractivity contribution in [2.75, 3.05) is 7.11 Å².